The molecule has 0 saturated carbocycles. The van der Waals surface area contributed by atoms with Crippen molar-refractivity contribution in [3.8, 4) is 0 Å². The van der Waals surface area contributed by atoms with Crippen LogP contribution in [0, 0.1) is 0 Å². The number of hydrogen-bond acceptors (Lipinski definition) is 6. The van der Waals surface area contributed by atoms with Crippen LogP contribution in [0.5, 0.6) is 0 Å². The molecule has 0 atom stereocenters. The maximum Gasteiger partial charge on any atom is 0.267 e. The molecule has 3 aromatic rings. The highest BCUT2D eigenvalue weighted by Crippen LogP contribution is 2.26. The lowest BCUT2D eigenvalue weighted by Gasteiger charge is -2.29. The Labute approximate surface area is 132 Å². The first-order valence-corrected chi connectivity index (χ1v) is 7.65. The Morgan fingerprint density at radius 3 is 3.00 bits per heavy atom. The molecule has 8 nitrogen and oxygen atoms in total. The third-order valence-corrected chi connectivity index (χ3v) is 4.25. The van der Waals surface area contributed by atoms with Crippen LogP contribution in [0.3, 0.4) is 0 Å². The monoisotopic (exact) mass is 311 g/mol. The first kappa shape index (κ1) is 13.9. The van der Waals surface area contributed by atoms with E-state index in [4.69, 9.17) is 0 Å². The van der Waals surface area contributed by atoms with Gasteiger partial charge in [-0.05, 0) is 6.92 Å². The number of aromatic nitrogens is 6. The summed E-state index contributed by atoms with van der Waals surface area (Å²) in [5.74, 6) is 0.855. The minimum atomic E-state index is -0.0534. The molecule has 0 spiro atoms. The van der Waals surface area contributed by atoms with Crippen LogP contribution in [-0.2, 0) is 26.6 Å². The highest BCUT2D eigenvalue weighted by Gasteiger charge is 2.22. The lowest BCUT2D eigenvalue weighted by molar-refractivity contribution is 0.572. The molecule has 0 aliphatic carbocycles. The third kappa shape index (κ3) is 2.18. The molecule has 8 heteroatoms. The van der Waals surface area contributed by atoms with Gasteiger partial charge in [0.15, 0.2) is 5.65 Å². The Bertz CT molecular complexity index is 943. The van der Waals surface area contributed by atoms with Crippen molar-refractivity contribution >= 4 is 16.9 Å². The molecule has 0 amide bonds. The van der Waals surface area contributed by atoms with Crippen LogP contribution in [-0.4, -0.2) is 36.1 Å². The smallest absolute Gasteiger partial charge is 0.267 e. The Hall–Kier alpha value is -2.77. The van der Waals surface area contributed by atoms with Crippen molar-refractivity contribution in [3.63, 3.8) is 0 Å². The molecule has 0 saturated heterocycles. The molecule has 1 aliphatic heterocycles. The van der Waals surface area contributed by atoms with Crippen molar-refractivity contribution in [2.45, 2.75) is 26.4 Å². The Morgan fingerprint density at radius 2 is 2.17 bits per heavy atom. The minimum absolute atomic E-state index is 0.0534. The van der Waals surface area contributed by atoms with Crippen molar-refractivity contribution in [1.29, 1.82) is 0 Å². The fourth-order valence-corrected chi connectivity index (χ4v) is 3.05. The van der Waals surface area contributed by atoms with E-state index >= 15 is 0 Å². The number of fused-ring (bicyclic) bond motifs is 2. The molecule has 4 rings (SSSR count). The van der Waals surface area contributed by atoms with E-state index in [1.54, 1.807) is 23.3 Å². The lowest BCUT2D eigenvalue weighted by atomic mass is 10.1. The first-order chi connectivity index (χ1) is 11.2. The van der Waals surface area contributed by atoms with Crippen molar-refractivity contribution < 1.29 is 0 Å². The molecule has 4 heterocycles. The number of aryl methyl sites for hydroxylation is 2. The van der Waals surface area contributed by atoms with Gasteiger partial charge in [0.05, 0.1) is 17.3 Å². The second kappa shape index (κ2) is 5.15. The summed E-state index contributed by atoms with van der Waals surface area (Å²) < 4.78 is 3.25. The Morgan fingerprint density at radius 1 is 1.30 bits per heavy atom. The van der Waals surface area contributed by atoms with E-state index in [0.717, 1.165) is 41.1 Å². The van der Waals surface area contributed by atoms with E-state index in [0.29, 0.717) is 13.1 Å². The normalized spacial score (nSPS) is 14.3. The maximum atomic E-state index is 12.0. The summed E-state index contributed by atoms with van der Waals surface area (Å²) in [5.41, 5.74) is 2.73. The predicted molar refractivity (Wildman–Crippen MR) is 85.2 cm³/mol. The molecule has 1 aliphatic rings. The van der Waals surface area contributed by atoms with Gasteiger partial charge in [-0.3, -0.25) is 9.48 Å². The summed E-state index contributed by atoms with van der Waals surface area (Å²) in [6.45, 7) is 3.96. The van der Waals surface area contributed by atoms with E-state index in [2.05, 4.69) is 25.1 Å². The van der Waals surface area contributed by atoms with Gasteiger partial charge in [-0.2, -0.15) is 10.2 Å². The molecule has 0 bridgehead atoms. The van der Waals surface area contributed by atoms with Gasteiger partial charge in [-0.25, -0.2) is 14.6 Å². The average Bonchev–Trinajstić information content (AvgIpc) is 2.95. The quantitative estimate of drug-likeness (QED) is 0.685. The van der Waals surface area contributed by atoms with E-state index < -0.39 is 0 Å². The van der Waals surface area contributed by atoms with E-state index in [9.17, 15) is 4.79 Å². The SMILES string of the molecule is CCn1nc2c(cc1=O)CN(c1ncnc3c1cnn3C)CC2. The topological polar surface area (TPSA) is 81.7 Å². The molecule has 118 valence electrons. The molecule has 0 radical (unpaired) electrons. The van der Waals surface area contributed by atoms with Crippen LogP contribution in [0.4, 0.5) is 5.82 Å². The number of hydrogen-bond donors (Lipinski definition) is 0. The molecule has 0 N–H and O–H groups in total. The van der Waals surface area contributed by atoms with E-state index in [1.165, 1.54) is 4.68 Å². The lowest BCUT2D eigenvalue weighted by Crippen LogP contribution is -2.35. The molecule has 0 unspecified atom stereocenters. The second-order valence-electron chi connectivity index (χ2n) is 5.64. The average molecular weight is 311 g/mol. The summed E-state index contributed by atoms with van der Waals surface area (Å²) in [4.78, 5) is 22.9. The molecular formula is C15H17N7O. The molecule has 23 heavy (non-hydrogen) atoms. The Kier molecular flexibility index (Phi) is 3.10. The molecule has 3 aromatic heterocycles. The molecule has 0 aromatic carbocycles. The fourth-order valence-electron chi connectivity index (χ4n) is 3.05. The number of anilines is 1. The zero-order chi connectivity index (χ0) is 16.0. The standard InChI is InChI=1S/C15H17N7O/c1-3-22-13(23)6-10-8-21(5-4-12(10)19-22)15-11-7-18-20(2)14(11)16-9-17-15/h6-7,9H,3-5,8H2,1-2H3. The van der Waals surface area contributed by atoms with Crippen molar-refractivity contribution in [2.24, 2.45) is 7.05 Å². The van der Waals surface area contributed by atoms with Crippen LogP contribution < -0.4 is 10.5 Å². The van der Waals surface area contributed by atoms with Gasteiger partial charge in [-0.1, -0.05) is 0 Å². The van der Waals surface area contributed by atoms with Gasteiger partial charge in [0, 0.05) is 44.7 Å². The largest absolute Gasteiger partial charge is 0.351 e. The second-order valence-corrected chi connectivity index (χ2v) is 5.64. The van der Waals surface area contributed by atoms with Gasteiger partial charge in [0.2, 0.25) is 0 Å². The number of rotatable bonds is 2. The van der Waals surface area contributed by atoms with Gasteiger partial charge >= 0.3 is 0 Å². The van der Waals surface area contributed by atoms with Gasteiger partial charge in [-0.15, -0.1) is 0 Å². The molecular weight excluding hydrogens is 294 g/mol. The van der Waals surface area contributed by atoms with Crippen molar-refractivity contribution in [3.05, 3.63) is 40.2 Å². The molecule has 0 fully saturated rings. The summed E-state index contributed by atoms with van der Waals surface area (Å²) in [6, 6.07) is 1.69. The van der Waals surface area contributed by atoms with Gasteiger partial charge in [0.25, 0.3) is 5.56 Å². The Balaban J connectivity index is 1.75. The van der Waals surface area contributed by atoms with Gasteiger partial charge < -0.3 is 4.90 Å². The first-order valence-electron chi connectivity index (χ1n) is 7.65. The minimum Gasteiger partial charge on any atom is -0.351 e. The zero-order valence-electron chi connectivity index (χ0n) is 13.1. The highest BCUT2D eigenvalue weighted by molar-refractivity contribution is 5.86. The van der Waals surface area contributed by atoms with Crippen LogP contribution in [0.1, 0.15) is 18.2 Å². The summed E-state index contributed by atoms with van der Waals surface area (Å²) in [7, 11) is 1.86. The maximum absolute atomic E-state index is 12.0. The van der Waals surface area contributed by atoms with Crippen molar-refractivity contribution in [1.82, 2.24) is 29.5 Å². The van der Waals surface area contributed by atoms with Crippen LogP contribution in [0.2, 0.25) is 0 Å². The summed E-state index contributed by atoms with van der Waals surface area (Å²) >= 11 is 0. The summed E-state index contributed by atoms with van der Waals surface area (Å²) in [5, 5.41) is 9.63. The van der Waals surface area contributed by atoms with E-state index in [1.807, 2.05) is 14.0 Å². The van der Waals surface area contributed by atoms with Crippen molar-refractivity contribution in [2.75, 3.05) is 11.4 Å². The highest BCUT2D eigenvalue weighted by atomic mass is 16.1. The zero-order valence-corrected chi connectivity index (χ0v) is 13.1. The predicted octanol–water partition coefficient (Wildman–Crippen LogP) is 0.503. The summed E-state index contributed by atoms with van der Waals surface area (Å²) in [6.07, 6.45) is 4.14. The van der Waals surface area contributed by atoms with Crippen LogP contribution in [0.15, 0.2) is 23.4 Å². The van der Waals surface area contributed by atoms with Crippen LogP contribution in [0.25, 0.3) is 11.0 Å². The van der Waals surface area contributed by atoms with Crippen LogP contribution >= 0.6 is 0 Å². The van der Waals surface area contributed by atoms with Gasteiger partial charge in [0.1, 0.15) is 12.1 Å². The third-order valence-electron chi connectivity index (χ3n) is 4.25. The fraction of sp³-hybridized carbons (Fsp3) is 0.400. The van der Waals surface area contributed by atoms with E-state index in [-0.39, 0.29) is 5.56 Å². The number of nitrogens with zero attached hydrogens (tertiary/aromatic N) is 7.